The molecule has 3 aromatic heterocycles. The van der Waals surface area contributed by atoms with Gasteiger partial charge in [-0.3, -0.25) is 19.5 Å². The quantitative estimate of drug-likeness (QED) is 0.401. The van der Waals surface area contributed by atoms with Gasteiger partial charge >= 0.3 is 0 Å². The van der Waals surface area contributed by atoms with Crippen LogP contribution in [0, 0.1) is 0 Å². The van der Waals surface area contributed by atoms with E-state index in [1.54, 1.807) is 54.3 Å². The maximum atomic E-state index is 13.0. The van der Waals surface area contributed by atoms with Crippen molar-refractivity contribution >= 4 is 28.6 Å². The monoisotopic (exact) mass is 480 g/mol. The van der Waals surface area contributed by atoms with Gasteiger partial charge < -0.3 is 19.4 Å². The summed E-state index contributed by atoms with van der Waals surface area (Å²) >= 11 is 5.89. The molecule has 8 nitrogen and oxygen atoms in total. The van der Waals surface area contributed by atoms with Gasteiger partial charge in [0, 0.05) is 43.8 Å². The highest BCUT2D eigenvalue weighted by atomic mass is 35.5. The van der Waals surface area contributed by atoms with E-state index < -0.39 is 17.4 Å². The summed E-state index contributed by atoms with van der Waals surface area (Å²) in [4.78, 5) is 31.6. The molecule has 0 saturated heterocycles. The third-order valence-corrected chi connectivity index (χ3v) is 5.76. The van der Waals surface area contributed by atoms with Gasteiger partial charge in [-0.15, -0.1) is 0 Å². The Hall–Kier alpha value is -3.46. The summed E-state index contributed by atoms with van der Waals surface area (Å²) in [7, 11) is 3.58. The summed E-state index contributed by atoms with van der Waals surface area (Å²) in [6.45, 7) is 1.03. The minimum Gasteiger partial charge on any atom is -0.443 e. The molecule has 1 unspecified atom stereocenters. The fraction of sp³-hybridized carbons (Fsp3) is 0.240. The average molecular weight is 481 g/mol. The Morgan fingerprint density at radius 1 is 1.24 bits per heavy atom. The lowest BCUT2D eigenvalue weighted by atomic mass is 10.1. The van der Waals surface area contributed by atoms with E-state index in [2.05, 4.69) is 10.3 Å². The highest BCUT2D eigenvalue weighted by Gasteiger charge is 2.19. The fourth-order valence-electron chi connectivity index (χ4n) is 3.75. The second-order valence-electron chi connectivity index (χ2n) is 8.22. The number of aliphatic hydroxyl groups excluding tert-OH is 1. The van der Waals surface area contributed by atoms with E-state index in [1.807, 2.05) is 24.1 Å². The molecule has 3 heterocycles. The number of fused-ring (bicyclic) bond motifs is 1. The van der Waals surface area contributed by atoms with Crippen molar-refractivity contribution in [2.24, 2.45) is 7.05 Å². The van der Waals surface area contributed by atoms with Gasteiger partial charge in [0.2, 0.25) is 11.1 Å². The van der Waals surface area contributed by atoms with Crippen LogP contribution >= 0.6 is 11.6 Å². The Morgan fingerprint density at radius 3 is 2.65 bits per heavy atom. The summed E-state index contributed by atoms with van der Waals surface area (Å²) in [5.74, 6) is 0.101. The summed E-state index contributed by atoms with van der Waals surface area (Å²) in [6, 6.07) is 12.3. The average Bonchev–Trinajstić information content (AvgIpc) is 3.26. The Kier molecular flexibility index (Phi) is 7.12. The van der Waals surface area contributed by atoms with Gasteiger partial charge in [-0.1, -0.05) is 23.7 Å². The first kappa shape index (κ1) is 23.7. The number of aryl methyl sites for hydroxylation is 1. The first-order valence-electron chi connectivity index (χ1n) is 10.7. The SMILES string of the molecule is CN(Cc1cc2c(=O)c(C(=O)NCc3ccc(Cl)cc3)cn(C)c2o1)CC(O)c1ccncc1. The van der Waals surface area contributed by atoms with Gasteiger partial charge in [-0.2, -0.15) is 0 Å². The number of hydrogen-bond acceptors (Lipinski definition) is 6. The predicted octanol–water partition coefficient (Wildman–Crippen LogP) is 3.28. The minimum atomic E-state index is -0.681. The van der Waals surface area contributed by atoms with Gasteiger partial charge in [0.05, 0.1) is 18.0 Å². The molecule has 4 rings (SSSR count). The molecular formula is C25H25ClN4O4. The molecule has 0 aliphatic heterocycles. The van der Waals surface area contributed by atoms with Crippen LogP contribution in [0.2, 0.25) is 5.02 Å². The molecule has 0 saturated carbocycles. The highest BCUT2D eigenvalue weighted by Crippen LogP contribution is 2.20. The maximum Gasteiger partial charge on any atom is 0.257 e. The summed E-state index contributed by atoms with van der Waals surface area (Å²) in [6.07, 6.45) is 4.07. The molecule has 1 atom stereocenters. The van der Waals surface area contributed by atoms with Crippen LogP contribution in [0.3, 0.4) is 0 Å². The van der Waals surface area contributed by atoms with Gasteiger partial charge in [0.25, 0.3) is 5.91 Å². The Labute approximate surface area is 201 Å². The minimum absolute atomic E-state index is 0.0396. The number of rotatable bonds is 8. The number of carbonyl (C=O) groups is 1. The molecule has 1 amide bonds. The van der Waals surface area contributed by atoms with Crippen molar-refractivity contribution in [1.82, 2.24) is 19.8 Å². The van der Waals surface area contributed by atoms with Gasteiger partial charge in [-0.25, -0.2) is 0 Å². The number of hydrogen-bond donors (Lipinski definition) is 2. The van der Waals surface area contributed by atoms with Crippen molar-refractivity contribution in [3.8, 4) is 0 Å². The number of aliphatic hydroxyl groups is 1. The van der Waals surface area contributed by atoms with E-state index in [1.165, 1.54) is 6.20 Å². The number of aromatic nitrogens is 2. The molecule has 0 bridgehead atoms. The first-order chi connectivity index (χ1) is 16.3. The Morgan fingerprint density at radius 2 is 1.94 bits per heavy atom. The molecule has 0 spiro atoms. The van der Waals surface area contributed by atoms with Crippen LogP contribution in [0.1, 0.15) is 33.3 Å². The van der Waals surface area contributed by atoms with Crippen molar-refractivity contribution in [2.75, 3.05) is 13.6 Å². The van der Waals surface area contributed by atoms with Crippen LogP contribution < -0.4 is 10.7 Å². The molecular weight excluding hydrogens is 456 g/mol. The normalized spacial score (nSPS) is 12.3. The zero-order chi connectivity index (χ0) is 24.2. The number of furan rings is 1. The van der Waals surface area contributed by atoms with Crippen LogP contribution in [0.25, 0.3) is 11.1 Å². The Bertz CT molecular complexity index is 1350. The molecule has 0 fully saturated rings. The lowest BCUT2D eigenvalue weighted by Crippen LogP contribution is -2.29. The number of likely N-dealkylation sites (N-methyl/N-ethyl adjacent to an activating group) is 1. The van der Waals surface area contributed by atoms with Crippen molar-refractivity contribution in [3.05, 3.63) is 98.8 Å². The zero-order valence-electron chi connectivity index (χ0n) is 18.9. The van der Waals surface area contributed by atoms with Crippen molar-refractivity contribution in [1.29, 1.82) is 0 Å². The van der Waals surface area contributed by atoms with Gasteiger partial charge in [0.1, 0.15) is 11.3 Å². The number of nitrogens with zero attached hydrogens (tertiary/aromatic N) is 3. The largest absolute Gasteiger partial charge is 0.443 e. The fourth-order valence-corrected chi connectivity index (χ4v) is 3.87. The molecule has 0 aliphatic rings. The number of carbonyl (C=O) groups excluding carboxylic acids is 1. The number of amides is 1. The zero-order valence-corrected chi connectivity index (χ0v) is 19.6. The first-order valence-corrected chi connectivity index (χ1v) is 11.1. The number of benzene rings is 1. The summed E-state index contributed by atoms with van der Waals surface area (Å²) in [5.41, 5.74) is 1.68. The van der Waals surface area contributed by atoms with Crippen LogP contribution in [0.15, 0.2) is 70.3 Å². The van der Waals surface area contributed by atoms with Gasteiger partial charge in [-0.05, 0) is 48.5 Å². The van der Waals surface area contributed by atoms with Crippen LogP contribution in [-0.4, -0.2) is 39.1 Å². The topological polar surface area (TPSA) is 101 Å². The number of nitrogens with one attached hydrogen (secondary N) is 1. The predicted molar refractivity (Wildman–Crippen MR) is 130 cm³/mol. The van der Waals surface area contributed by atoms with E-state index in [9.17, 15) is 14.7 Å². The number of halogens is 1. The summed E-state index contributed by atoms with van der Waals surface area (Å²) in [5, 5.41) is 14.2. The summed E-state index contributed by atoms with van der Waals surface area (Å²) < 4.78 is 7.53. The second kappa shape index (κ2) is 10.2. The molecule has 34 heavy (non-hydrogen) atoms. The molecule has 0 aliphatic carbocycles. The van der Waals surface area contributed by atoms with E-state index in [0.717, 1.165) is 11.1 Å². The molecule has 1 aromatic carbocycles. The maximum absolute atomic E-state index is 13.0. The van der Waals surface area contributed by atoms with Crippen molar-refractivity contribution in [3.63, 3.8) is 0 Å². The van der Waals surface area contributed by atoms with E-state index in [4.69, 9.17) is 16.0 Å². The van der Waals surface area contributed by atoms with E-state index in [-0.39, 0.29) is 12.1 Å². The second-order valence-corrected chi connectivity index (χ2v) is 8.65. The van der Waals surface area contributed by atoms with Crippen LogP contribution in [-0.2, 0) is 20.1 Å². The molecule has 0 radical (unpaired) electrons. The lowest BCUT2D eigenvalue weighted by molar-refractivity contribution is 0.0949. The third kappa shape index (κ3) is 5.36. The van der Waals surface area contributed by atoms with Gasteiger partial charge in [0.15, 0.2) is 0 Å². The molecule has 9 heteroatoms. The van der Waals surface area contributed by atoms with Crippen molar-refractivity contribution < 1.29 is 14.3 Å². The van der Waals surface area contributed by atoms with Crippen LogP contribution in [0.5, 0.6) is 0 Å². The molecule has 2 N–H and O–H groups in total. The van der Waals surface area contributed by atoms with Crippen LogP contribution in [0.4, 0.5) is 0 Å². The van der Waals surface area contributed by atoms with E-state index >= 15 is 0 Å². The van der Waals surface area contributed by atoms with Crippen molar-refractivity contribution in [2.45, 2.75) is 19.2 Å². The molecule has 176 valence electrons. The molecule has 4 aromatic rings. The smallest absolute Gasteiger partial charge is 0.257 e. The Balaban J connectivity index is 1.48. The standard InChI is InChI=1S/C25H25ClN4O4/c1-29(15-22(31)17-7-9-27-10-8-17)13-19-11-20-23(32)21(14-30(2)25(20)34-19)24(33)28-12-16-3-5-18(26)6-4-16/h3-11,14,22,31H,12-13,15H2,1-2H3,(H,28,33). The highest BCUT2D eigenvalue weighted by molar-refractivity contribution is 6.30. The lowest BCUT2D eigenvalue weighted by Gasteiger charge is -2.19. The third-order valence-electron chi connectivity index (χ3n) is 5.51. The van der Waals surface area contributed by atoms with E-state index in [0.29, 0.717) is 35.0 Å². The number of pyridine rings is 2.